The predicted molar refractivity (Wildman–Crippen MR) is 90.8 cm³/mol. The van der Waals surface area contributed by atoms with Gasteiger partial charge in [0, 0.05) is 17.0 Å². The molecule has 1 unspecified atom stereocenters. The maximum Gasteiger partial charge on any atom is 0.127 e. The maximum atomic E-state index is 9.80. The molecule has 0 radical (unpaired) electrons. The van der Waals surface area contributed by atoms with Crippen molar-refractivity contribution in [1.29, 1.82) is 0 Å². The Morgan fingerprint density at radius 2 is 1.68 bits per heavy atom. The Bertz CT molecular complexity index is 468. The van der Waals surface area contributed by atoms with E-state index in [-0.39, 0.29) is 23.8 Å². The maximum absolute atomic E-state index is 9.80. The first-order valence-electron chi connectivity index (χ1n) is 8.03. The molecule has 0 amide bonds. The van der Waals surface area contributed by atoms with E-state index < -0.39 is 0 Å². The van der Waals surface area contributed by atoms with Crippen LogP contribution in [-0.4, -0.2) is 27.9 Å². The minimum Gasteiger partial charge on any atom is -0.393 e. The first kappa shape index (κ1) is 17.7. The van der Waals surface area contributed by atoms with E-state index in [0.29, 0.717) is 5.88 Å². The first-order chi connectivity index (χ1) is 10.3. The van der Waals surface area contributed by atoms with Crippen LogP contribution < -0.4 is 0 Å². The molecule has 2 rings (SSSR count). The lowest BCUT2D eigenvalue weighted by Gasteiger charge is -2.52. The highest BCUT2D eigenvalue weighted by atomic mass is 35.5. The lowest BCUT2D eigenvalue weighted by Crippen LogP contribution is -2.58. The summed E-state index contributed by atoms with van der Waals surface area (Å²) in [5, 5.41) is 11.9. The highest BCUT2D eigenvalue weighted by Crippen LogP contribution is 2.40. The van der Waals surface area contributed by atoms with Crippen molar-refractivity contribution >= 4 is 11.6 Å². The van der Waals surface area contributed by atoms with Gasteiger partial charge in [-0.2, -0.15) is 5.06 Å². The molecular weight excluding hydrogens is 298 g/mol. The number of rotatable bonds is 5. The quantitative estimate of drug-likeness (QED) is 0.813. The number of alkyl halides is 1. The van der Waals surface area contributed by atoms with Gasteiger partial charge in [-0.15, -0.1) is 11.6 Å². The largest absolute Gasteiger partial charge is 0.393 e. The molecule has 0 saturated carbocycles. The fraction of sp³-hybridized carbons (Fsp3) is 0.667. The third kappa shape index (κ3) is 3.83. The van der Waals surface area contributed by atoms with Crippen molar-refractivity contribution in [3.63, 3.8) is 0 Å². The summed E-state index contributed by atoms with van der Waals surface area (Å²) in [6, 6.07) is 7.95. The van der Waals surface area contributed by atoms with Crippen LogP contribution in [0.4, 0.5) is 0 Å². The van der Waals surface area contributed by atoms with E-state index in [0.717, 1.165) is 24.0 Å². The van der Waals surface area contributed by atoms with Gasteiger partial charge in [-0.05, 0) is 58.1 Å². The van der Waals surface area contributed by atoms with Crippen molar-refractivity contribution in [3.8, 4) is 0 Å². The topological polar surface area (TPSA) is 32.7 Å². The monoisotopic (exact) mass is 325 g/mol. The van der Waals surface area contributed by atoms with Gasteiger partial charge in [-0.25, -0.2) is 0 Å². The molecule has 4 heteroatoms. The molecule has 0 aliphatic carbocycles. The van der Waals surface area contributed by atoms with Crippen LogP contribution in [0.1, 0.15) is 64.2 Å². The van der Waals surface area contributed by atoms with Gasteiger partial charge in [0.15, 0.2) is 0 Å². The van der Waals surface area contributed by atoms with Crippen molar-refractivity contribution in [1.82, 2.24) is 5.06 Å². The smallest absolute Gasteiger partial charge is 0.127 e. The van der Waals surface area contributed by atoms with E-state index in [2.05, 4.69) is 32.8 Å². The molecule has 1 N–H and O–H groups in total. The molecule has 0 bridgehead atoms. The van der Waals surface area contributed by atoms with Crippen LogP contribution in [0.15, 0.2) is 24.3 Å². The van der Waals surface area contributed by atoms with Gasteiger partial charge in [0.05, 0.1) is 6.61 Å². The van der Waals surface area contributed by atoms with Crippen molar-refractivity contribution in [3.05, 3.63) is 35.4 Å². The third-order valence-electron chi connectivity index (χ3n) is 4.58. The number of nitrogens with zero attached hydrogens (tertiary/aromatic N) is 1. The van der Waals surface area contributed by atoms with E-state index in [1.165, 1.54) is 6.42 Å². The Labute approximate surface area is 139 Å². The molecule has 1 saturated heterocycles. The predicted octanol–water partition coefficient (Wildman–Crippen LogP) is 4.43. The fourth-order valence-corrected chi connectivity index (χ4v) is 3.59. The number of aliphatic hydroxyl groups is 1. The van der Waals surface area contributed by atoms with Gasteiger partial charge in [0.2, 0.25) is 0 Å². The van der Waals surface area contributed by atoms with E-state index in [9.17, 15) is 5.11 Å². The second kappa shape index (κ2) is 6.88. The number of aliphatic hydroxyl groups excluding tert-OH is 1. The number of halogens is 1. The molecule has 22 heavy (non-hydrogen) atoms. The third-order valence-corrected chi connectivity index (χ3v) is 4.89. The summed E-state index contributed by atoms with van der Waals surface area (Å²) in [4.78, 5) is 6.28. The lowest BCUT2D eigenvalue weighted by molar-refractivity contribution is -0.311. The molecule has 124 valence electrons. The van der Waals surface area contributed by atoms with Crippen LogP contribution in [0.25, 0.3) is 0 Å². The second-order valence-electron chi connectivity index (χ2n) is 7.42. The molecule has 3 nitrogen and oxygen atoms in total. The van der Waals surface area contributed by atoms with Crippen LogP contribution >= 0.6 is 11.6 Å². The highest BCUT2D eigenvalue weighted by molar-refractivity contribution is 6.17. The van der Waals surface area contributed by atoms with Crippen LogP contribution in [0.2, 0.25) is 0 Å². The molecule has 1 aromatic carbocycles. The molecule has 1 aliphatic rings. The van der Waals surface area contributed by atoms with Crippen LogP contribution in [0.5, 0.6) is 0 Å². The number of piperidine rings is 1. The summed E-state index contributed by atoms with van der Waals surface area (Å²) in [6.45, 7) is 8.79. The summed E-state index contributed by atoms with van der Waals surface area (Å²) >= 11 is 5.83. The summed E-state index contributed by atoms with van der Waals surface area (Å²) in [6.07, 6.45) is 3.05. The number of benzene rings is 1. The van der Waals surface area contributed by atoms with Gasteiger partial charge in [-0.3, -0.25) is 4.84 Å². The number of hydroxylamine groups is 2. The average molecular weight is 326 g/mol. The Kier molecular flexibility index (Phi) is 5.54. The number of hydrogen-bond donors (Lipinski definition) is 1. The zero-order chi connectivity index (χ0) is 16.4. The van der Waals surface area contributed by atoms with Crippen LogP contribution in [0, 0.1) is 0 Å². The van der Waals surface area contributed by atoms with Gasteiger partial charge < -0.3 is 5.11 Å². The van der Waals surface area contributed by atoms with Gasteiger partial charge in [0.1, 0.15) is 6.10 Å². The SMILES string of the molecule is CC1(C)CCCC(C)(C)N1OC(CO)c1ccc(CCl)cc1. The molecule has 1 aliphatic heterocycles. The molecule has 1 fully saturated rings. The Morgan fingerprint density at radius 3 is 2.14 bits per heavy atom. The summed E-state index contributed by atoms with van der Waals surface area (Å²) < 4.78 is 0. The van der Waals surface area contributed by atoms with E-state index in [4.69, 9.17) is 16.4 Å². The molecule has 1 atom stereocenters. The van der Waals surface area contributed by atoms with Gasteiger partial charge in [-0.1, -0.05) is 24.3 Å². The van der Waals surface area contributed by atoms with E-state index in [1.807, 2.05) is 24.3 Å². The molecule has 1 heterocycles. The van der Waals surface area contributed by atoms with Crippen LogP contribution in [0.3, 0.4) is 0 Å². The second-order valence-corrected chi connectivity index (χ2v) is 7.69. The van der Waals surface area contributed by atoms with Gasteiger partial charge in [0.25, 0.3) is 0 Å². The van der Waals surface area contributed by atoms with Crippen LogP contribution in [-0.2, 0) is 10.7 Å². The molecule has 0 aromatic heterocycles. The minimum atomic E-state index is -0.346. The molecule has 0 spiro atoms. The Morgan fingerprint density at radius 1 is 1.14 bits per heavy atom. The lowest BCUT2D eigenvalue weighted by atomic mass is 9.82. The number of hydrogen-bond acceptors (Lipinski definition) is 3. The summed E-state index contributed by atoms with van der Waals surface area (Å²) in [5.41, 5.74) is 1.98. The van der Waals surface area contributed by atoms with Crippen molar-refractivity contribution < 1.29 is 9.94 Å². The Balaban J connectivity index is 2.20. The zero-order valence-corrected chi connectivity index (χ0v) is 14.9. The standard InChI is InChI=1S/C18H28ClNO2/c1-17(2)10-5-11-18(3,4)20(17)22-16(13-21)15-8-6-14(12-19)7-9-15/h6-9,16,21H,5,10-13H2,1-4H3. The minimum absolute atomic E-state index is 0.0365. The van der Waals surface area contributed by atoms with E-state index >= 15 is 0 Å². The summed E-state index contributed by atoms with van der Waals surface area (Å²) in [5.74, 6) is 0.497. The van der Waals surface area contributed by atoms with Crippen molar-refractivity contribution in [2.24, 2.45) is 0 Å². The van der Waals surface area contributed by atoms with Gasteiger partial charge >= 0.3 is 0 Å². The highest BCUT2D eigenvalue weighted by Gasteiger charge is 2.43. The molecule has 1 aromatic rings. The normalized spacial score (nSPS) is 22.5. The van der Waals surface area contributed by atoms with Crippen molar-refractivity contribution in [2.75, 3.05) is 6.61 Å². The van der Waals surface area contributed by atoms with Crippen molar-refractivity contribution in [2.45, 2.75) is 70.0 Å². The zero-order valence-electron chi connectivity index (χ0n) is 14.1. The fourth-order valence-electron chi connectivity index (χ4n) is 3.41. The Hall–Kier alpha value is -0.610. The van der Waals surface area contributed by atoms with E-state index in [1.54, 1.807) is 0 Å². The summed E-state index contributed by atoms with van der Waals surface area (Å²) in [7, 11) is 0. The first-order valence-corrected chi connectivity index (χ1v) is 8.56. The average Bonchev–Trinajstić information content (AvgIpc) is 2.46. The molecular formula is C18H28ClNO2.